The van der Waals surface area contributed by atoms with E-state index in [1.54, 1.807) is 31.4 Å². The van der Waals surface area contributed by atoms with Crippen molar-refractivity contribution in [2.24, 2.45) is 5.73 Å². The monoisotopic (exact) mass is 213 g/mol. The molecule has 1 aromatic rings. The fourth-order valence-electron chi connectivity index (χ4n) is 1.21. The van der Waals surface area contributed by atoms with Crippen LogP contribution >= 0.6 is 0 Å². The molecule has 0 radical (unpaired) electrons. The molecule has 1 aromatic carbocycles. The van der Waals surface area contributed by atoms with Crippen molar-refractivity contribution < 1.29 is 13.5 Å². The highest BCUT2D eigenvalue weighted by Crippen LogP contribution is 2.16. The first kappa shape index (κ1) is 11.7. The van der Waals surface area contributed by atoms with Crippen molar-refractivity contribution in [1.82, 2.24) is 0 Å². The first-order valence-corrected chi connectivity index (χ1v) is 4.53. The Bertz CT molecular complexity index is 342. The molecule has 0 unspecified atom stereocenters. The number of ether oxygens (including phenoxy) is 1. The number of nitrogens with two attached hydrogens (primary N) is 1. The first-order chi connectivity index (χ1) is 7.17. The molecule has 0 fully saturated rings. The molecule has 2 nitrogen and oxygen atoms in total. The molecule has 82 valence electrons. The van der Waals surface area contributed by atoms with Gasteiger partial charge in [-0.15, -0.1) is 0 Å². The highest BCUT2D eigenvalue weighted by molar-refractivity contribution is 5.30. The predicted octanol–water partition coefficient (Wildman–Crippen LogP) is 2.35. The molecule has 0 aliphatic rings. The molecule has 0 spiro atoms. The van der Waals surface area contributed by atoms with Gasteiger partial charge in [0.05, 0.1) is 7.11 Å². The Morgan fingerprint density at radius 2 is 1.87 bits per heavy atom. The van der Waals surface area contributed by atoms with Gasteiger partial charge in [0.2, 0.25) is 0 Å². The van der Waals surface area contributed by atoms with E-state index in [4.69, 9.17) is 10.5 Å². The molecule has 2 N–H and O–H groups in total. The zero-order valence-electron chi connectivity index (χ0n) is 8.47. The van der Waals surface area contributed by atoms with Gasteiger partial charge in [-0.25, -0.2) is 0 Å². The first-order valence-electron chi connectivity index (χ1n) is 4.53. The van der Waals surface area contributed by atoms with Gasteiger partial charge < -0.3 is 10.5 Å². The molecule has 0 saturated heterocycles. The quantitative estimate of drug-likeness (QED) is 0.833. The zero-order chi connectivity index (χ0) is 11.3. The number of hydrogen-bond acceptors (Lipinski definition) is 2. The van der Waals surface area contributed by atoms with E-state index in [1.165, 1.54) is 0 Å². The van der Waals surface area contributed by atoms with Crippen LogP contribution in [0.3, 0.4) is 0 Å². The summed E-state index contributed by atoms with van der Waals surface area (Å²) >= 11 is 0. The maximum atomic E-state index is 12.3. The molecular formula is C11H13F2NO. The van der Waals surface area contributed by atoms with Gasteiger partial charge >= 0.3 is 0 Å². The van der Waals surface area contributed by atoms with Crippen LogP contribution in [0.2, 0.25) is 0 Å². The van der Waals surface area contributed by atoms with Crippen LogP contribution in [-0.4, -0.2) is 13.7 Å². The molecule has 0 aromatic heterocycles. The van der Waals surface area contributed by atoms with Gasteiger partial charge in [0, 0.05) is 18.5 Å². The average molecular weight is 213 g/mol. The van der Waals surface area contributed by atoms with Crippen LogP contribution in [-0.2, 0) is 6.42 Å². The van der Waals surface area contributed by atoms with E-state index < -0.39 is 6.08 Å². The van der Waals surface area contributed by atoms with Crippen LogP contribution < -0.4 is 10.5 Å². The Morgan fingerprint density at radius 3 is 2.27 bits per heavy atom. The molecule has 0 saturated carbocycles. The Balaban J connectivity index is 2.77. The summed E-state index contributed by atoms with van der Waals surface area (Å²) in [4.78, 5) is 0. The standard InChI is InChI=1S/C11H13F2NO/c1-15-10-4-2-8(3-5-10)6-9(7-14)11(12)13/h2-5H,6-7,14H2,1H3. The van der Waals surface area contributed by atoms with Gasteiger partial charge in [-0.1, -0.05) is 12.1 Å². The van der Waals surface area contributed by atoms with Crippen LogP contribution in [0.25, 0.3) is 0 Å². The topological polar surface area (TPSA) is 35.2 Å². The number of methoxy groups -OCH3 is 1. The van der Waals surface area contributed by atoms with E-state index in [-0.39, 0.29) is 18.5 Å². The third-order valence-electron chi connectivity index (χ3n) is 2.09. The van der Waals surface area contributed by atoms with Gasteiger partial charge in [0.15, 0.2) is 0 Å². The largest absolute Gasteiger partial charge is 0.497 e. The van der Waals surface area contributed by atoms with Crippen LogP contribution in [0.5, 0.6) is 5.75 Å². The third-order valence-corrected chi connectivity index (χ3v) is 2.09. The summed E-state index contributed by atoms with van der Waals surface area (Å²) in [6.45, 7) is -0.117. The SMILES string of the molecule is COc1ccc(CC(CN)=C(F)F)cc1. The zero-order valence-corrected chi connectivity index (χ0v) is 8.47. The molecule has 15 heavy (non-hydrogen) atoms. The summed E-state index contributed by atoms with van der Waals surface area (Å²) in [5.74, 6) is 0.706. The average Bonchev–Trinajstić information content (AvgIpc) is 2.26. The van der Waals surface area contributed by atoms with Crippen molar-refractivity contribution in [3.63, 3.8) is 0 Å². The van der Waals surface area contributed by atoms with Crippen LogP contribution in [0, 0.1) is 0 Å². The maximum absolute atomic E-state index is 12.3. The van der Waals surface area contributed by atoms with E-state index in [1.807, 2.05) is 0 Å². The van der Waals surface area contributed by atoms with Crippen LogP contribution in [0.4, 0.5) is 8.78 Å². The summed E-state index contributed by atoms with van der Waals surface area (Å²) in [7, 11) is 1.56. The summed E-state index contributed by atoms with van der Waals surface area (Å²) in [6.07, 6.45) is -1.50. The Labute approximate surface area is 87.4 Å². The van der Waals surface area contributed by atoms with E-state index in [0.717, 1.165) is 5.56 Å². The number of hydrogen-bond donors (Lipinski definition) is 1. The lowest BCUT2D eigenvalue weighted by atomic mass is 10.1. The van der Waals surface area contributed by atoms with Crippen molar-refractivity contribution in [2.45, 2.75) is 6.42 Å². The lowest BCUT2D eigenvalue weighted by molar-refractivity contribution is 0.407. The smallest absolute Gasteiger partial charge is 0.271 e. The minimum Gasteiger partial charge on any atom is -0.497 e. The van der Waals surface area contributed by atoms with Crippen molar-refractivity contribution in [1.29, 1.82) is 0 Å². The second-order valence-corrected chi connectivity index (χ2v) is 3.09. The van der Waals surface area contributed by atoms with Crippen molar-refractivity contribution in [3.8, 4) is 5.75 Å². The Morgan fingerprint density at radius 1 is 1.27 bits per heavy atom. The van der Waals surface area contributed by atoms with Crippen molar-refractivity contribution >= 4 is 0 Å². The van der Waals surface area contributed by atoms with Gasteiger partial charge in [-0.05, 0) is 17.7 Å². The van der Waals surface area contributed by atoms with Gasteiger partial charge in [0.1, 0.15) is 5.75 Å². The van der Waals surface area contributed by atoms with Crippen molar-refractivity contribution in [3.05, 3.63) is 41.5 Å². The van der Waals surface area contributed by atoms with E-state index in [2.05, 4.69) is 0 Å². The molecule has 0 amide bonds. The summed E-state index contributed by atoms with van der Waals surface area (Å²) < 4.78 is 29.6. The molecule has 0 aliphatic heterocycles. The van der Waals surface area contributed by atoms with Gasteiger partial charge in [0.25, 0.3) is 6.08 Å². The third kappa shape index (κ3) is 3.32. The van der Waals surface area contributed by atoms with Crippen LogP contribution in [0.15, 0.2) is 35.9 Å². The van der Waals surface area contributed by atoms with E-state index in [0.29, 0.717) is 5.75 Å². The lowest BCUT2D eigenvalue weighted by Crippen LogP contribution is -2.06. The fourth-order valence-corrected chi connectivity index (χ4v) is 1.21. The normalized spacial score (nSPS) is 9.87. The number of rotatable bonds is 4. The van der Waals surface area contributed by atoms with Crippen LogP contribution in [0.1, 0.15) is 5.56 Å². The summed E-state index contributed by atoms with van der Waals surface area (Å²) in [6, 6.07) is 6.97. The molecule has 0 bridgehead atoms. The molecular weight excluding hydrogens is 200 g/mol. The molecule has 0 heterocycles. The fraction of sp³-hybridized carbons (Fsp3) is 0.273. The second-order valence-electron chi connectivity index (χ2n) is 3.09. The highest BCUT2D eigenvalue weighted by atomic mass is 19.3. The number of halogens is 2. The summed E-state index contributed by atoms with van der Waals surface area (Å²) in [5.41, 5.74) is 5.98. The van der Waals surface area contributed by atoms with Crippen molar-refractivity contribution in [2.75, 3.05) is 13.7 Å². The van der Waals surface area contributed by atoms with E-state index >= 15 is 0 Å². The number of benzene rings is 1. The molecule has 1 rings (SSSR count). The minimum absolute atomic E-state index is 0.0276. The van der Waals surface area contributed by atoms with Gasteiger partial charge in [-0.2, -0.15) is 8.78 Å². The van der Waals surface area contributed by atoms with Gasteiger partial charge in [-0.3, -0.25) is 0 Å². The lowest BCUT2D eigenvalue weighted by Gasteiger charge is -2.05. The maximum Gasteiger partial charge on any atom is 0.271 e. The van der Waals surface area contributed by atoms with E-state index in [9.17, 15) is 8.78 Å². The highest BCUT2D eigenvalue weighted by Gasteiger charge is 2.05. The minimum atomic E-state index is -1.69. The summed E-state index contributed by atoms with van der Waals surface area (Å²) in [5, 5.41) is 0. The Kier molecular flexibility index (Phi) is 4.24. The molecule has 0 atom stereocenters. The Hall–Kier alpha value is -1.42. The predicted molar refractivity (Wildman–Crippen MR) is 55.0 cm³/mol. The molecule has 4 heteroatoms. The second kappa shape index (κ2) is 5.46. The molecule has 0 aliphatic carbocycles.